The molecule has 0 atom stereocenters. The molecule has 0 saturated carbocycles. The molecular weight excluding hydrogens is 181 g/mol. The zero-order chi connectivity index (χ0) is 7.33. The second-order valence-corrected chi connectivity index (χ2v) is 1.91. The van der Waals surface area contributed by atoms with Crippen molar-refractivity contribution in [2.45, 2.75) is 5.25 Å². The second kappa shape index (κ2) is 6.74. The fourth-order valence-corrected chi connectivity index (χ4v) is 0.270. The minimum absolute atomic E-state index is 0. The molecule has 0 unspecified atom stereocenters. The monoisotopic (exact) mass is 184 g/mol. The number of hydrogen-bond donors (Lipinski definition) is 1. The molecule has 0 aromatic rings. The summed E-state index contributed by atoms with van der Waals surface area (Å²) in [5, 5.41) is 15.9. The van der Waals surface area contributed by atoms with Crippen molar-refractivity contribution < 1.29 is 58.1 Å². The van der Waals surface area contributed by atoms with Gasteiger partial charge in [0.2, 0.25) is 0 Å². The maximum absolute atomic E-state index is 11.7. The first kappa shape index (κ1) is 13.6. The predicted octanol–water partition coefficient (Wildman–Crippen LogP) is -3.55. The van der Waals surface area contributed by atoms with Crippen LogP contribution in [0.1, 0.15) is 0 Å². The maximum Gasteiger partial charge on any atom is 1.00 e. The summed E-state index contributed by atoms with van der Waals surface area (Å²) in [7, 11) is 0. The molecule has 4 nitrogen and oxygen atoms in total. The van der Waals surface area contributed by atoms with Gasteiger partial charge in [0.1, 0.15) is 18.6 Å². The van der Waals surface area contributed by atoms with Crippen LogP contribution in [0.4, 0.5) is 8.78 Å². The van der Waals surface area contributed by atoms with Gasteiger partial charge in [-0.05, 0) is 0 Å². The summed E-state index contributed by atoms with van der Waals surface area (Å²) in [6.07, 6.45) is 0. The van der Waals surface area contributed by atoms with Crippen molar-refractivity contribution in [1.82, 2.24) is 0 Å². The summed E-state index contributed by atoms with van der Waals surface area (Å²) < 4.78 is 26.7. The number of rotatable bonds is 4. The predicted molar refractivity (Wildman–Crippen MR) is 21.8 cm³/mol. The molecule has 0 spiro atoms. The van der Waals surface area contributed by atoms with E-state index in [1.54, 1.807) is 0 Å². The zero-order valence-corrected chi connectivity index (χ0v) is 7.86. The Hall–Kier alpha value is 1.05. The Morgan fingerprint density at radius 1 is 1.60 bits per heavy atom. The smallest absolute Gasteiger partial charge is 0.691 e. The third kappa shape index (κ3) is 7.16. The van der Waals surface area contributed by atoms with Gasteiger partial charge >= 0.3 is 34.8 Å². The van der Waals surface area contributed by atoms with Crippen molar-refractivity contribution >= 4 is 12.0 Å². The van der Waals surface area contributed by atoms with Gasteiger partial charge in [-0.3, -0.25) is 5.04 Å². The number of aliphatic hydroxyl groups is 1. The fraction of sp³-hybridized carbons (Fsp3) is 1.00. The van der Waals surface area contributed by atoms with Gasteiger partial charge in [0.05, 0.1) is 0 Å². The average molecular weight is 184 g/mol. The van der Waals surface area contributed by atoms with E-state index < -0.39 is 23.9 Å². The summed E-state index contributed by atoms with van der Waals surface area (Å²) in [5.74, 6) is 0. The molecule has 10 heavy (non-hydrogen) atoms. The number of aliphatic hydroxyl groups excluding tert-OH is 1. The van der Waals surface area contributed by atoms with Crippen LogP contribution in [0, 0.1) is 0 Å². The van der Waals surface area contributed by atoms with E-state index in [1.165, 1.54) is 0 Å². The maximum atomic E-state index is 11.7. The summed E-state index contributed by atoms with van der Waals surface area (Å²) in [6, 6.07) is 0. The molecule has 0 rings (SSSR count). The summed E-state index contributed by atoms with van der Waals surface area (Å²) >= 11 is -0.539. The topological polar surface area (TPSA) is 61.8 Å². The number of alkyl halides is 2. The molecule has 0 amide bonds. The molecule has 0 aliphatic heterocycles. The molecule has 0 aliphatic rings. The standard InChI is InChI=1S/C2H4F2O4S.Na/c3-2(4,1-5)9-8-7-6;/h5-6H,1H2;/q;+1/p-1. The largest absolute Gasteiger partial charge is 1.00 e. The number of hydrogen-bond acceptors (Lipinski definition) is 5. The Kier molecular flexibility index (Phi) is 9.19. The van der Waals surface area contributed by atoms with Gasteiger partial charge in [-0.25, -0.2) is 0 Å². The van der Waals surface area contributed by atoms with Crippen LogP contribution in [-0.2, 0) is 9.37 Å². The summed E-state index contributed by atoms with van der Waals surface area (Å²) in [4.78, 5) is 0. The van der Waals surface area contributed by atoms with Crippen molar-refractivity contribution in [3.05, 3.63) is 0 Å². The van der Waals surface area contributed by atoms with Gasteiger partial charge in [0.25, 0.3) is 0 Å². The Morgan fingerprint density at radius 2 is 2.10 bits per heavy atom. The van der Waals surface area contributed by atoms with E-state index in [9.17, 15) is 8.78 Å². The molecule has 0 fully saturated rings. The summed E-state index contributed by atoms with van der Waals surface area (Å²) in [5.41, 5.74) is 0. The molecule has 0 aromatic heterocycles. The van der Waals surface area contributed by atoms with E-state index in [0.29, 0.717) is 0 Å². The van der Waals surface area contributed by atoms with Gasteiger partial charge in [0, 0.05) is 0 Å². The first-order valence-electron chi connectivity index (χ1n) is 1.75. The van der Waals surface area contributed by atoms with E-state index in [4.69, 9.17) is 10.4 Å². The second-order valence-electron chi connectivity index (χ2n) is 1.01. The first-order valence-corrected chi connectivity index (χ1v) is 2.49. The van der Waals surface area contributed by atoms with Crippen LogP contribution in [0.25, 0.3) is 0 Å². The van der Waals surface area contributed by atoms with E-state index >= 15 is 0 Å². The van der Waals surface area contributed by atoms with Crippen molar-refractivity contribution in [3.8, 4) is 0 Å². The Bertz CT molecular complexity index is 83.7. The van der Waals surface area contributed by atoms with E-state index in [-0.39, 0.29) is 29.6 Å². The number of halogens is 2. The SMILES string of the molecule is [Na+].[O-]OOSC(F)(F)CO. The zero-order valence-electron chi connectivity index (χ0n) is 5.04. The van der Waals surface area contributed by atoms with Gasteiger partial charge in [-0.1, -0.05) is 0 Å². The Labute approximate surface area is 81.9 Å². The molecule has 0 saturated heterocycles. The van der Waals surface area contributed by atoms with Crippen LogP contribution in [0.3, 0.4) is 0 Å². The van der Waals surface area contributed by atoms with Gasteiger partial charge in [-0.15, -0.1) is 0 Å². The van der Waals surface area contributed by atoms with Crippen molar-refractivity contribution in [1.29, 1.82) is 0 Å². The van der Waals surface area contributed by atoms with Crippen LogP contribution in [0.2, 0.25) is 0 Å². The minimum atomic E-state index is -3.48. The van der Waals surface area contributed by atoms with E-state index in [0.717, 1.165) is 0 Å². The Balaban J connectivity index is 0. The average Bonchev–Trinajstić information content (AvgIpc) is 1.84. The van der Waals surface area contributed by atoms with Crippen LogP contribution in [-0.4, -0.2) is 17.0 Å². The van der Waals surface area contributed by atoms with Gasteiger partial charge in [0.15, 0.2) is 0 Å². The third-order valence-corrected chi connectivity index (χ3v) is 0.864. The van der Waals surface area contributed by atoms with Crippen molar-refractivity contribution in [3.63, 3.8) is 0 Å². The van der Waals surface area contributed by atoms with E-state index in [1.807, 2.05) is 0 Å². The quantitative estimate of drug-likeness (QED) is 0.212. The normalized spacial score (nSPS) is 10.8. The molecule has 8 heteroatoms. The minimum Gasteiger partial charge on any atom is -0.691 e. The molecule has 0 aromatic carbocycles. The summed E-state index contributed by atoms with van der Waals surface area (Å²) in [6.45, 7) is -1.40. The molecule has 56 valence electrons. The first-order chi connectivity index (χ1) is 4.12. The van der Waals surface area contributed by atoms with Crippen molar-refractivity contribution in [2.75, 3.05) is 6.61 Å². The van der Waals surface area contributed by atoms with Gasteiger partial charge in [-0.2, -0.15) is 13.1 Å². The van der Waals surface area contributed by atoms with Crippen LogP contribution in [0.15, 0.2) is 0 Å². The van der Waals surface area contributed by atoms with Crippen molar-refractivity contribution in [2.24, 2.45) is 0 Å². The molecule has 0 heterocycles. The third-order valence-electron chi connectivity index (χ3n) is 0.368. The molecular formula is C2H3F2NaO4S. The van der Waals surface area contributed by atoms with Gasteiger partial charge < -0.3 is 10.4 Å². The van der Waals surface area contributed by atoms with Crippen LogP contribution >= 0.6 is 12.0 Å². The van der Waals surface area contributed by atoms with E-state index in [2.05, 4.69) is 9.37 Å². The molecule has 0 radical (unpaired) electrons. The molecule has 0 aliphatic carbocycles. The molecule has 0 bridgehead atoms. The van der Waals surface area contributed by atoms with Crippen LogP contribution in [0.5, 0.6) is 0 Å². The van der Waals surface area contributed by atoms with Crippen LogP contribution < -0.4 is 34.8 Å². The fourth-order valence-electron chi connectivity index (χ4n) is 0.0900. The molecule has 1 N–H and O–H groups in total. The Morgan fingerprint density at radius 3 is 2.40 bits per heavy atom.